The molecule has 5 heteroatoms. The molecule has 1 aromatic heterocycles. The number of aromatic nitrogens is 1. The summed E-state index contributed by atoms with van der Waals surface area (Å²) in [7, 11) is 0. The summed E-state index contributed by atoms with van der Waals surface area (Å²) in [5.41, 5.74) is 0.610. The molecule has 1 unspecified atom stereocenters. The Morgan fingerprint density at radius 1 is 1.69 bits per heavy atom. The third-order valence-electron chi connectivity index (χ3n) is 2.78. The van der Waals surface area contributed by atoms with Gasteiger partial charge in [0.05, 0.1) is 4.92 Å². The van der Waals surface area contributed by atoms with Gasteiger partial charge in [-0.1, -0.05) is 12.8 Å². The maximum absolute atomic E-state index is 10.8. The van der Waals surface area contributed by atoms with Crippen molar-refractivity contribution in [2.75, 3.05) is 5.32 Å². The first-order valence-electron chi connectivity index (χ1n) is 5.51. The molecule has 1 fully saturated rings. The van der Waals surface area contributed by atoms with Crippen molar-refractivity contribution in [3.05, 3.63) is 28.6 Å². The Bertz CT molecular complexity index is 391. The van der Waals surface area contributed by atoms with Crippen LogP contribution < -0.4 is 5.32 Å². The second-order valence-electron chi connectivity index (χ2n) is 4.37. The highest BCUT2D eigenvalue weighted by Gasteiger charge is 2.24. The number of pyridine rings is 1. The van der Waals surface area contributed by atoms with E-state index < -0.39 is 4.92 Å². The molecule has 1 heterocycles. The van der Waals surface area contributed by atoms with Crippen LogP contribution in [0.25, 0.3) is 0 Å². The molecule has 1 aromatic rings. The fourth-order valence-corrected chi connectivity index (χ4v) is 1.83. The molecule has 0 radical (unpaired) electrons. The van der Waals surface area contributed by atoms with E-state index in [1.54, 1.807) is 12.3 Å². The molecule has 1 aliphatic rings. The van der Waals surface area contributed by atoms with Crippen molar-refractivity contribution < 1.29 is 4.92 Å². The second-order valence-corrected chi connectivity index (χ2v) is 4.37. The van der Waals surface area contributed by atoms with Crippen LogP contribution in [0.4, 0.5) is 11.4 Å². The highest BCUT2D eigenvalue weighted by Crippen LogP contribution is 2.34. The summed E-state index contributed by atoms with van der Waals surface area (Å²) in [6.07, 6.45) is 6.53. The maximum atomic E-state index is 10.8. The van der Waals surface area contributed by atoms with Gasteiger partial charge in [-0.05, 0) is 25.3 Å². The lowest BCUT2D eigenvalue weighted by atomic mass is 10.1. The average Bonchev–Trinajstić information content (AvgIpc) is 3.02. The van der Waals surface area contributed by atoms with Crippen LogP contribution in [0.5, 0.6) is 0 Å². The van der Waals surface area contributed by atoms with Gasteiger partial charge in [-0.15, -0.1) is 0 Å². The Hall–Kier alpha value is -1.65. The molecule has 2 rings (SSSR count). The van der Waals surface area contributed by atoms with E-state index in [2.05, 4.69) is 17.2 Å². The molecule has 0 bridgehead atoms. The summed E-state index contributed by atoms with van der Waals surface area (Å²) in [5.74, 6) is 0.809. The van der Waals surface area contributed by atoms with Crippen LogP contribution in [0.15, 0.2) is 18.5 Å². The molecule has 1 aliphatic carbocycles. The normalized spacial score (nSPS) is 16.8. The molecule has 1 atom stereocenters. The topological polar surface area (TPSA) is 68.1 Å². The number of hydrogen-bond donors (Lipinski definition) is 1. The Kier molecular flexibility index (Phi) is 3.03. The Morgan fingerprint density at radius 3 is 3.06 bits per heavy atom. The van der Waals surface area contributed by atoms with Gasteiger partial charge >= 0.3 is 5.69 Å². The molecule has 0 amide bonds. The van der Waals surface area contributed by atoms with Crippen molar-refractivity contribution in [2.24, 2.45) is 5.92 Å². The van der Waals surface area contributed by atoms with E-state index in [9.17, 15) is 10.1 Å². The van der Waals surface area contributed by atoms with E-state index in [1.807, 2.05) is 0 Å². The van der Waals surface area contributed by atoms with Crippen molar-refractivity contribution in [1.82, 2.24) is 4.98 Å². The van der Waals surface area contributed by atoms with E-state index >= 15 is 0 Å². The van der Waals surface area contributed by atoms with Gasteiger partial charge in [0.2, 0.25) is 0 Å². The third-order valence-corrected chi connectivity index (χ3v) is 2.78. The molecule has 1 N–H and O–H groups in total. The molecule has 5 nitrogen and oxygen atoms in total. The lowest BCUT2D eigenvalue weighted by molar-refractivity contribution is -0.384. The van der Waals surface area contributed by atoms with Crippen LogP contribution in [-0.4, -0.2) is 15.9 Å². The molecular formula is C11H15N3O2. The lowest BCUT2D eigenvalue weighted by Crippen LogP contribution is -2.16. The van der Waals surface area contributed by atoms with Crippen LogP contribution >= 0.6 is 0 Å². The van der Waals surface area contributed by atoms with E-state index in [1.165, 1.54) is 19.0 Å². The summed E-state index contributed by atoms with van der Waals surface area (Å²) >= 11 is 0. The SMILES string of the molecule is CC(CC1CC1)Nc1ccncc1[N+](=O)[O-]. The standard InChI is InChI=1S/C11H15N3O2/c1-8(6-9-2-3-9)13-10-4-5-12-7-11(10)14(15)16/h4-5,7-9H,2-3,6H2,1H3,(H,12,13). The molecule has 1 saturated carbocycles. The van der Waals surface area contributed by atoms with Crippen molar-refractivity contribution in [2.45, 2.75) is 32.2 Å². The number of hydrogen-bond acceptors (Lipinski definition) is 4. The van der Waals surface area contributed by atoms with E-state index in [0.717, 1.165) is 12.3 Å². The van der Waals surface area contributed by atoms with E-state index in [-0.39, 0.29) is 11.7 Å². The summed E-state index contributed by atoms with van der Waals surface area (Å²) in [6.45, 7) is 2.06. The van der Waals surface area contributed by atoms with Crippen LogP contribution in [-0.2, 0) is 0 Å². The molecule has 16 heavy (non-hydrogen) atoms. The number of rotatable bonds is 5. The summed E-state index contributed by atoms with van der Waals surface area (Å²) in [5, 5.41) is 13.9. The fraction of sp³-hybridized carbons (Fsp3) is 0.545. The van der Waals surface area contributed by atoms with Gasteiger partial charge in [-0.3, -0.25) is 15.1 Å². The molecule has 0 saturated heterocycles. The first-order valence-corrected chi connectivity index (χ1v) is 5.51. The van der Waals surface area contributed by atoms with Gasteiger partial charge in [-0.25, -0.2) is 0 Å². The quantitative estimate of drug-likeness (QED) is 0.613. The van der Waals surface area contributed by atoms with Crippen LogP contribution in [0.2, 0.25) is 0 Å². The number of nitro groups is 1. The molecule has 86 valence electrons. The zero-order valence-electron chi connectivity index (χ0n) is 9.22. The zero-order valence-corrected chi connectivity index (χ0v) is 9.22. The largest absolute Gasteiger partial charge is 0.377 e. The van der Waals surface area contributed by atoms with Gasteiger partial charge in [0, 0.05) is 12.2 Å². The molecule has 0 spiro atoms. The van der Waals surface area contributed by atoms with Gasteiger partial charge in [-0.2, -0.15) is 0 Å². The minimum Gasteiger partial charge on any atom is -0.377 e. The highest BCUT2D eigenvalue weighted by molar-refractivity contribution is 5.59. The first-order chi connectivity index (χ1) is 7.66. The number of nitrogens with one attached hydrogen (secondary N) is 1. The summed E-state index contributed by atoms with van der Waals surface area (Å²) in [4.78, 5) is 14.1. The summed E-state index contributed by atoms with van der Waals surface area (Å²) < 4.78 is 0. The van der Waals surface area contributed by atoms with Crippen molar-refractivity contribution >= 4 is 11.4 Å². The van der Waals surface area contributed by atoms with Crippen LogP contribution in [0.1, 0.15) is 26.2 Å². The smallest absolute Gasteiger partial charge is 0.310 e. The number of anilines is 1. The number of nitrogens with zero attached hydrogens (tertiary/aromatic N) is 2. The van der Waals surface area contributed by atoms with Gasteiger partial charge < -0.3 is 5.32 Å². The van der Waals surface area contributed by atoms with Crippen LogP contribution in [0.3, 0.4) is 0 Å². The first kappa shape index (κ1) is 10.9. The lowest BCUT2D eigenvalue weighted by Gasteiger charge is -2.14. The highest BCUT2D eigenvalue weighted by atomic mass is 16.6. The Balaban J connectivity index is 2.04. The molecule has 0 aliphatic heterocycles. The molecule has 0 aromatic carbocycles. The Morgan fingerprint density at radius 2 is 2.44 bits per heavy atom. The second kappa shape index (κ2) is 4.47. The van der Waals surface area contributed by atoms with Crippen molar-refractivity contribution in [3.63, 3.8) is 0 Å². The predicted molar refractivity (Wildman–Crippen MR) is 61.3 cm³/mol. The fourth-order valence-electron chi connectivity index (χ4n) is 1.83. The Labute approximate surface area is 94.0 Å². The van der Waals surface area contributed by atoms with Gasteiger partial charge in [0.15, 0.2) is 0 Å². The third kappa shape index (κ3) is 2.68. The predicted octanol–water partition coefficient (Wildman–Crippen LogP) is 2.59. The van der Waals surface area contributed by atoms with E-state index in [0.29, 0.717) is 5.69 Å². The molecular weight excluding hydrogens is 206 g/mol. The maximum Gasteiger partial charge on any atom is 0.310 e. The van der Waals surface area contributed by atoms with Crippen molar-refractivity contribution in [1.29, 1.82) is 0 Å². The minimum absolute atomic E-state index is 0.0464. The average molecular weight is 221 g/mol. The minimum atomic E-state index is -0.404. The monoisotopic (exact) mass is 221 g/mol. The van der Waals surface area contributed by atoms with Gasteiger partial charge in [0.1, 0.15) is 11.9 Å². The van der Waals surface area contributed by atoms with Gasteiger partial charge in [0.25, 0.3) is 0 Å². The van der Waals surface area contributed by atoms with Crippen LogP contribution in [0, 0.1) is 16.0 Å². The van der Waals surface area contributed by atoms with Crippen molar-refractivity contribution in [3.8, 4) is 0 Å². The summed E-state index contributed by atoms with van der Waals surface area (Å²) in [6, 6.07) is 1.93. The van der Waals surface area contributed by atoms with E-state index in [4.69, 9.17) is 0 Å². The zero-order chi connectivity index (χ0) is 11.5.